The minimum Gasteiger partial charge on any atom is -0.493 e. The Bertz CT molecular complexity index is 520. The summed E-state index contributed by atoms with van der Waals surface area (Å²) in [5.74, 6) is -1.72. The maximum Gasteiger partial charge on any atom is 0.339 e. The molecule has 0 fully saturated rings. The van der Waals surface area contributed by atoms with Crippen LogP contribution in [0, 0.1) is 0 Å². The standard InChI is InChI=1S/C14H16O6/c1-3-19-12-8-10(4-5-11(12)13(16)17)14(18)20-7-6-9(2)15/h4-5,8H,3,6-7H2,1-2H3,(H,16,17). The third-order valence-electron chi connectivity index (χ3n) is 2.43. The van der Waals surface area contributed by atoms with Crippen LogP contribution in [0.2, 0.25) is 0 Å². The van der Waals surface area contributed by atoms with Gasteiger partial charge in [-0.3, -0.25) is 4.79 Å². The van der Waals surface area contributed by atoms with Crippen LogP contribution in [0.5, 0.6) is 5.75 Å². The van der Waals surface area contributed by atoms with Crippen LogP contribution in [0.4, 0.5) is 0 Å². The number of carboxylic acid groups (broad SMARTS) is 1. The van der Waals surface area contributed by atoms with Gasteiger partial charge in [0, 0.05) is 6.42 Å². The van der Waals surface area contributed by atoms with Crippen LogP contribution >= 0.6 is 0 Å². The summed E-state index contributed by atoms with van der Waals surface area (Å²) < 4.78 is 10.1. The molecule has 6 heteroatoms. The lowest BCUT2D eigenvalue weighted by Gasteiger charge is -2.09. The lowest BCUT2D eigenvalue weighted by molar-refractivity contribution is -0.117. The highest BCUT2D eigenvalue weighted by Crippen LogP contribution is 2.21. The first-order valence-electron chi connectivity index (χ1n) is 6.12. The van der Waals surface area contributed by atoms with E-state index in [2.05, 4.69) is 0 Å². The monoisotopic (exact) mass is 280 g/mol. The summed E-state index contributed by atoms with van der Waals surface area (Å²) in [4.78, 5) is 33.5. The molecule has 0 saturated heterocycles. The zero-order valence-corrected chi connectivity index (χ0v) is 11.3. The number of benzene rings is 1. The van der Waals surface area contributed by atoms with Gasteiger partial charge in [0.15, 0.2) is 0 Å². The first kappa shape index (κ1) is 15.7. The number of ether oxygens (including phenoxy) is 2. The number of aromatic carboxylic acids is 1. The van der Waals surface area contributed by atoms with E-state index in [9.17, 15) is 14.4 Å². The maximum atomic E-state index is 11.7. The molecule has 0 bridgehead atoms. The lowest BCUT2D eigenvalue weighted by Crippen LogP contribution is -2.10. The summed E-state index contributed by atoms with van der Waals surface area (Å²) in [6.07, 6.45) is 0.150. The molecule has 1 N–H and O–H groups in total. The molecule has 0 amide bonds. The molecule has 0 aliphatic rings. The summed E-state index contributed by atoms with van der Waals surface area (Å²) in [6.45, 7) is 3.40. The minimum absolute atomic E-state index is 0.00117. The second-order valence-corrected chi connectivity index (χ2v) is 4.04. The van der Waals surface area contributed by atoms with Crippen LogP contribution in [0.25, 0.3) is 0 Å². The highest BCUT2D eigenvalue weighted by atomic mass is 16.5. The van der Waals surface area contributed by atoms with Crippen LogP contribution in [-0.2, 0) is 9.53 Å². The molecular weight excluding hydrogens is 264 g/mol. The van der Waals surface area contributed by atoms with Crippen molar-refractivity contribution in [1.82, 2.24) is 0 Å². The van der Waals surface area contributed by atoms with E-state index in [4.69, 9.17) is 14.6 Å². The van der Waals surface area contributed by atoms with E-state index in [0.717, 1.165) is 0 Å². The molecular formula is C14H16O6. The highest BCUT2D eigenvalue weighted by Gasteiger charge is 2.15. The molecule has 0 aromatic heterocycles. The summed E-state index contributed by atoms with van der Waals surface area (Å²) in [5, 5.41) is 8.99. The van der Waals surface area contributed by atoms with E-state index >= 15 is 0 Å². The lowest BCUT2D eigenvalue weighted by atomic mass is 10.1. The maximum absolute atomic E-state index is 11.7. The van der Waals surface area contributed by atoms with E-state index in [1.54, 1.807) is 6.92 Å². The van der Waals surface area contributed by atoms with Crippen LogP contribution in [0.15, 0.2) is 18.2 Å². The third kappa shape index (κ3) is 4.38. The SMILES string of the molecule is CCOc1cc(C(=O)OCCC(C)=O)ccc1C(=O)O. The van der Waals surface area contributed by atoms with Gasteiger partial charge in [0.1, 0.15) is 17.1 Å². The normalized spacial score (nSPS) is 9.90. The van der Waals surface area contributed by atoms with Gasteiger partial charge >= 0.3 is 11.9 Å². The van der Waals surface area contributed by atoms with E-state index in [1.807, 2.05) is 0 Å². The Morgan fingerprint density at radius 2 is 1.95 bits per heavy atom. The van der Waals surface area contributed by atoms with Gasteiger partial charge in [-0.25, -0.2) is 9.59 Å². The molecule has 1 aromatic carbocycles. The largest absolute Gasteiger partial charge is 0.493 e. The molecule has 20 heavy (non-hydrogen) atoms. The van der Waals surface area contributed by atoms with Gasteiger partial charge < -0.3 is 14.6 Å². The molecule has 108 valence electrons. The van der Waals surface area contributed by atoms with Crippen molar-refractivity contribution in [3.8, 4) is 5.75 Å². The van der Waals surface area contributed by atoms with Crippen molar-refractivity contribution in [2.75, 3.05) is 13.2 Å². The summed E-state index contributed by atoms with van der Waals surface area (Å²) >= 11 is 0. The Morgan fingerprint density at radius 1 is 1.25 bits per heavy atom. The highest BCUT2D eigenvalue weighted by molar-refractivity contribution is 5.95. The molecule has 6 nitrogen and oxygen atoms in total. The number of ketones is 1. The number of hydrogen-bond donors (Lipinski definition) is 1. The molecule has 0 unspecified atom stereocenters. The quantitative estimate of drug-likeness (QED) is 0.767. The smallest absolute Gasteiger partial charge is 0.339 e. The van der Waals surface area contributed by atoms with E-state index in [0.29, 0.717) is 0 Å². The van der Waals surface area contributed by atoms with E-state index in [-0.39, 0.29) is 42.3 Å². The van der Waals surface area contributed by atoms with Gasteiger partial charge in [-0.2, -0.15) is 0 Å². The number of carbonyl (C=O) groups is 3. The zero-order valence-electron chi connectivity index (χ0n) is 11.3. The van der Waals surface area contributed by atoms with E-state index < -0.39 is 11.9 Å². The third-order valence-corrected chi connectivity index (χ3v) is 2.43. The van der Waals surface area contributed by atoms with Crippen LogP contribution in [0.3, 0.4) is 0 Å². The van der Waals surface area contributed by atoms with Gasteiger partial charge in [0.2, 0.25) is 0 Å². The molecule has 0 atom stereocenters. The second kappa shape index (κ2) is 7.28. The van der Waals surface area contributed by atoms with Gasteiger partial charge in [-0.05, 0) is 32.0 Å². The van der Waals surface area contributed by atoms with Crippen LogP contribution in [-0.4, -0.2) is 36.0 Å². The first-order chi connectivity index (χ1) is 9.45. The topological polar surface area (TPSA) is 89.9 Å². The Labute approximate surface area is 116 Å². The number of carboxylic acids is 1. The minimum atomic E-state index is -1.13. The Hall–Kier alpha value is -2.37. The Kier molecular flexibility index (Phi) is 5.71. The number of carbonyl (C=O) groups excluding carboxylic acids is 2. The first-order valence-corrected chi connectivity index (χ1v) is 6.12. The number of Topliss-reactive ketones (excluding diaryl/α,β-unsaturated/α-hetero) is 1. The Morgan fingerprint density at radius 3 is 2.50 bits per heavy atom. The van der Waals surface area contributed by atoms with Crippen LogP contribution in [0.1, 0.15) is 41.0 Å². The van der Waals surface area contributed by atoms with Gasteiger partial charge in [-0.1, -0.05) is 0 Å². The van der Waals surface area contributed by atoms with Crippen molar-refractivity contribution in [2.24, 2.45) is 0 Å². The number of esters is 1. The predicted octanol–water partition coefficient (Wildman–Crippen LogP) is 1.92. The van der Waals surface area contributed by atoms with Crippen molar-refractivity contribution in [3.05, 3.63) is 29.3 Å². The van der Waals surface area contributed by atoms with Crippen molar-refractivity contribution < 1.29 is 29.0 Å². The molecule has 0 saturated carbocycles. The molecule has 0 aliphatic heterocycles. The number of rotatable bonds is 7. The second-order valence-electron chi connectivity index (χ2n) is 4.04. The fourth-order valence-electron chi connectivity index (χ4n) is 1.47. The molecule has 1 rings (SSSR count). The molecule has 1 aromatic rings. The molecule has 0 aliphatic carbocycles. The Balaban J connectivity index is 2.85. The molecule has 0 radical (unpaired) electrons. The summed E-state index contributed by atoms with van der Waals surface area (Å²) in [6, 6.07) is 3.96. The fraction of sp³-hybridized carbons (Fsp3) is 0.357. The fourth-order valence-corrected chi connectivity index (χ4v) is 1.47. The van der Waals surface area contributed by atoms with Gasteiger partial charge in [-0.15, -0.1) is 0 Å². The summed E-state index contributed by atoms with van der Waals surface area (Å²) in [7, 11) is 0. The van der Waals surface area contributed by atoms with E-state index in [1.165, 1.54) is 25.1 Å². The summed E-state index contributed by atoms with van der Waals surface area (Å²) in [5.41, 5.74) is 0.161. The van der Waals surface area contributed by atoms with Crippen molar-refractivity contribution in [3.63, 3.8) is 0 Å². The molecule has 0 spiro atoms. The zero-order chi connectivity index (χ0) is 15.1. The average molecular weight is 280 g/mol. The molecule has 0 heterocycles. The van der Waals surface area contributed by atoms with Crippen molar-refractivity contribution in [2.45, 2.75) is 20.3 Å². The van der Waals surface area contributed by atoms with Crippen molar-refractivity contribution in [1.29, 1.82) is 0 Å². The predicted molar refractivity (Wildman–Crippen MR) is 70.2 cm³/mol. The van der Waals surface area contributed by atoms with Crippen molar-refractivity contribution >= 4 is 17.7 Å². The average Bonchev–Trinajstić information content (AvgIpc) is 2.38. The number of hydrogen-bond acceptors (Lipinski definition) is 5. The van der Waals surface area contributed by atoms with Gasteiger partial charge in [0.05, 0.1) is 18.8 Å². The van der Waals surface area contributed by atoms with Crippen LogP contribution < -0.4 is 4.74 Å². The van der Waals surface area contributed by atoms with Gasteiger partial charge in [0.25, 0.3) is 0 Å².